The summed E-state index contributed by atoms with van der Waals surface area (Å²) in [5, 5.41) is 3.76. The van der Waals surface area contributed by atoms with Crippen molar-refractivity contribution < 1.29 is 0 Å². The van der Waals surface area contributed by atoms with Gasteiger partial charge in [-0.1, -0.05) is 0 Å². The third-order valence-corrected chi connectivity index (χ3v) is 1.11. The zero-order chi connectivity index (χ0) is 7.56. The third kappa shape index (κ3) is 1.14. The van der Waals surface area contributed by atoms with Crippen LogP contribution in [0, 0.1) is 0 Å². The number of nitrogens with two attached hydrogens (primary N) is 1. The van der Waals surface area contributed by atoms with Gasteiger partial charge in [0.05, 0.1) is 0 Å². The molecular formula is C5H8N4O. The molecule has 0 radical (unpaired) electrons. The molecule has 5 heteroatoms. The van der Waals surface area contributed by atoms with Gasteiger partial charge in [0.2, 0.25) is 0 Å². The van der Waals surface area contributed by atoms with Gasteiger partial charge in [-0.25, -0.2) is 10.5 Å². The Morgan fingerprint density at radius 3 is 2.90 bits per heavy atom. The highest BCUT2D eigenvalue weighted by Gasteiger charge is 1.91. The summed E-state index contributed by atoms with van der Waals surface area (Å²) >= 11 is 0. The molecule has 0 saturated heterocycles. The van der Waals surface area contributed by atoms with Gasteiger partial charge in [0, 0.05) is 13.1 Å². The highest BCUT2D eigenvalue weighted by molar-refractivity contribution is 5.29. The van der Waals surface area contributed by atoms with E-state index >= 15 is 0 Å². The summed E-state index contributed by atoms with van der Waals surface area (Å²) in [5.74, 6) is 5.52. The molecule has 0 aliphatic rings. The lowest BCUT2D eigenvalue weighted by Gasteiger charge is -1.98. The van der Waals surface area contributed by atoms with Crippen molar-refractivity contribution in [3.63, 3.8) is 0 Å². The summed E-state index contributed by atoms with van der Waals surface area (Å²) in [6.07, 6.45) is 0. The fourth-order valence-corrected chi connectivity index (χ4v) is 0.579. The van der Waals surface area contributed by atoms with Crippen LogP contribution < -0.4 is 16.8 Å². The number of nitrogens with zero attached hydrogens (tertiary/aromatic N) is 2. The number of aryl methyl sites for hydroxylation is 1. The van der Waals surface area contributed by atoms with E-state index in [1.54, 1.807) is 7.05 Å². The van der Waals surface area contributed by atoms with E-state index in [2.05, 4.69) is 10.5 Å². The van der Waals surface area contributed by atoms with Gasteiger partial charge in [-0.2, -0.15) is 5.10 Å². The number of nitrogens with one attached hydrogen (secondary N) is 1. The Hall–Kier alpha value is -1.36. The molecule has 54 valence electrons. The lowest BCUT2D eigenvalue weighted by Crippen LogP contribution is -2.20. The normalized spacial score (nSPS) is 9.40. The van der Waals surface area contributed by atoms with Crippen LogP contribution in [-0.2, 0) is 7.05 Å². The first-order valence-corrected chi connectivity index (χ1v) is 2.75. The molecule has 0 aromatic carbocycles. The standard InChI is InChI=1S/C5H8N4O/c1-9-5(10)3-2-4(7-6)8-9/h2-3H,6H2,1H3,(H,7,8). The molecule has 0 bridgehead atoms. The van der Waals surface area contributed by atoms with Crippen molar-refractivity contribution in [1.82, 2.24) is 9.78 Å². The smallest absolute Gasteiger partial charge is 0.266 e. The Bertz CT molecular complexity index is 279. The molecule has 1 rings (SSSR count). The molecule has 10 heavy (non-hydrogen) atoms. The minimum atomic E-state index is -0.154. The number of anilines is 1. The lowest BCUT2D eigenvalue weighted by molar-refractivity contribution is 0.710. The number of nitrogen functional groups attached to an aromatic ring is 1. The molecule has 3 N–H and O–H groups in total. The fraction of sp³-hybridized carbons (Fsp3) is 0.200. The number of hydrogen-bond donors (Lipinski definition) is 2. The molecule has 1 heterocycles. The molecular weight excluding hydrogens is 132 g/mol. The molecule has 5 nitrogen and oxygen atoms in total. The van der Waals surface area contributed by atoms with Gasteiger partial charge in [-0.05, 0) is 6.07 Å². The van der Waals surface area contributed by atoms with E-state index in [0.717, 1.165) is 0 Å². The third-order valence-electron chi connectivity index (χ3n) is 1.11. The lowest BCUT2D eigenvalue weighted by atomic mass is 10.5. The van der Waals surface area contributed by atoms with E-state index in [1.165, 1.54) is 16.8 Å². The number of aromatic nitrogens is 2. The average Bonchev–Trinajstić information content (AvgIpc) is 1.95. The zero-order valence-corrected chi connectivity index (χ0v) is 5.53. The van der Waals surface area contributed by atoms with Crippen LogP contribution in [0.5, 0.6) is 0 Å². The van der Waals surface area contributed by atoms with Gasteiger partial charge in [0.15, 0.2) is 5.82 Å². The molecule has 0 spiro atoms. The first-order chi connectivity index (χ1) is 4.74. The second kappa shape index (κ2) is 2.49. The van der Waals surface area contributed by atoms with Gasteiger partial charge in [-0.3, -0.25) is 4.79 Å². The maximum Gasteiger partial charge on any atom is 0.266 e. The van der Waals surface area contributed by atoms with Crippen LogP contribution in [0.25, 0.3) is 0 Å². The van der Waals surface area contributed by atoms with Crippen LogP contribution in [0.2, 0.25) is 0 Å². The summed E-state index contributed by atoms with van der Waals surface area (Å²) in [6.45, 7) is 0. The number of rotatable bonds is 1. The predicted octanol–water partition coefficient (Wildman–Crippen LogP) is -0.934. The van der Waals surface area contributed by atoms with Crippen LogP contribution >= 0.6 is 0 Å². The monoisotopic (exact) mass is 140 g/mol. The van der Waals surface area contributed by atoms with E-state index in [1.807, 2.05) is 0 Å². The molecule has 1 aromatic heterocycles. The van der Waals surface area contributed by atoms with Crippen molar-refractivity contribution in [3.8, 4) is 0 Å². The van der Waals surface area contributed by atoms with Crippen molar-refractivity contribution in [3.05, 3.63) is 22.5 Å². The van der Waals surface area contributed by atoms with Crippen LogP contribution in [0.4, 0.5) is 5.82 Å². The van der Waals surface area contributed by atoms with Crippen molar-refractivity contribution in [2.45, 2.75) is 0 Å². The Kier molecular flexibility index (Phi) is 1.68. The molecule has 0 saturated carbocycles. The number of hydrogen-bond acceptors (Lipinski definition) is 4. The second-order valence-electron chi connectivity index (χ2n) is 1.82. The highest BCUT2D eigenvalue weighted by Crippen LogP contribution is 1.91. The second-order valence-corrected chi connectivity index (χ2v) is 1.82. The van der Waals surface area contributed by atoms with Gasteiger partial charge in [-0.15, -0.1) is 0 Å². The van der Waals surface area contributed by atoms with Crippen molar-refractivity contribution in [2.24, 2.45) is 12.9 Å². The van der Waals surface area contributed by atoms with Crippen molar-refractivity contribution in [2.75, 3.05) is 5.43 Å². The molecule has 0 amide bonds. The minimum absolute atomic E-state index is 0.154. The molecule has 1 aromatic rings. The maximum absolute atomic E-state index is 10.7. The zero-order valence-electron chi connectivity index (χ0n) is 5.53. The van der Waals surface area contributed by atoms with Gasteiger partial charge >= 0.3 is 0 Å². The largest absolute Gasteiger partial charge is 0.307 e. The first kappa shape index (κ1) is 6.76. The van der Waals surface area contributed by atoms with Crippen LogP contribution in [0.1, 0.15) is 0 Å². The van der Waals surface area contributed by atoms with Crippen LogP contribution in [-0.4, -0.2) is 9.78 Å². The number of hydrazine groups is 1. The van der Waals surface area contributed by atoms with Gasteiger partial charge < -0.3 is 5.43 Å². The maximum atomic E-state index is 10.7. The molecule has 0 unspecified atom stereocenters. The Morgan fingerprint density at radius 1 is 1.70 bits per heavy atom. The quantitative estimate of drug-likeness (QED) is 0.390. The highest BCUT2D eigenvalue weighted by atomic mass is 16.1. The summed E-state index contributed by atoms with van der Waals surface area (Å²) in [6, 6.07) is 2.91. The van der Waals surface area contributed by atoms with Crippen LogP contribution in [0.15, 0.2) is 16.9 Å². The molecule has 0 atom stereocenters. The summed E-state index contributed by atoms with van der Waals surface area (Å²) < 4.78 is 1.20. The average molecular weight is 140 g/mol. The predicted molar refractivity (Wildman–Crippen MR) is 37.3 cm³/mol. The fourth-order valence-electron chi connectivity index (χ4n) is 0.579. The van der Waals surface area contributed by atoms with E-state index < -0.39 is 0 Å². The van der Waals surface area contributed by atoms with E-state index in [-0.39, 0.29) is 5.56 Å². The van der Waals surface area contributed by atoms with E-state index in [4.69, 9.17) is 5.84 Å². The summed E-state index contributed by atoms with van der Waals surface area (Å²) in [4.78, 5) is 10.7. The topological polar surface area (TPSA) is 72.9 Å². The van der Waals surface area contributed by atoms with Gasteiger partial charge in [0.25, 0.3) is 5.56 Å². The van der Waals surface area contributed by atoms with E-state index in [0.29, 0.717) is 5.82 Å². The van der Waals surface area contributed by atoms with Crippen molar-refractivity contribution >= 4 is 5.82 Å². The summed E-state index contributed by atoms with van der Waals surface area (Å²) in [5.41, 5.74) is 2.17. The summed E-state index contributed by atoms with van der Waals surface area (Å²) in [7, 11) is 1.56. The minimum Gasteiger partial charge on any atom is -0.307 e. The Labute approximate surface area is 57.4 Å². The molecule has 0 aliphatic heterocycles. The molecule has 0 aliphatic carbocycles. The Balaban J connectivity index is 3.17. The van der Waals surface area contributed by atoms with Crippen molar-refractivity contribution in [1.29, 1.82) is 0 Å². The Morgan fingerprint density at radius 2 is 2.40 bits per heavy atom. The van der Waals surface area contributed by atoms with E-state index in [9.17, 15) is 4.79 Å². The molecule has 0 fully saturated rings. The SMILES string of the molecule is Cn1nc(NN)ccc1=O. The first-order valence-electron chi connectivity index (χ1n) is 2.75. The van der Waals surface area contributed by atoms with Gasteiger partial charge in [0.1, 0.15) is 0 Å². The van der Waals surface area contributed by atoms with Crippen LogP contribution in [0.3, 0.4) is 0 Å².